The Labute approximate surface area is 187 Å². The molecule has 5 nitrogen and oxygen atoms in total. The van der Waals surface area contributed by atoms with Gasteiger partial charge in [-0.2, -0.15) is 0 Å². The van der Waals surface area contributed by atoms with Crippen LogP contribution >= 0.6 is 7.37 Å². The molecule has 1 unspecified atom stereocenters. The minimum absolute atomic E-state index is 0.00813. The third kappa shape index (κ3) is 4.44. The molecule has 162 valence electrons. The maximum Gasteiger partial charge on any atom is 0.308 e. The Hall–Kier alpha value is -3.43. The van der Waals surface area contributed by atoms with Crippen LogP contribution in [0, 0.1) is 5.92 Å². The van der Waals surface area contributed by atoms with Crippen LogP contribution in [0.1, 0.15) is 23.6 Å². The highest BCUT2D eigenvalue weighted by molar-refractivity contribution is 7.77. The molecule has 1 aliphatic rings. The van der Waals surface area contributed by atoms with Gasteiger partial charge in [-0.3, -0.25) is 9.36 Å². The van der Waals surface area contributed by atoms with E-state index in [-0.39, 0.29) is 6.16 Å². The van der Waals surface area contributed by atoms with Crippen molar-refractivity contribution in [2.75, 3.05) is 13.3 Å². The second kappa shape index (κ2) is 9.37. The van der Waals surface area contributed by atoms with Gasteiger partial charge in [0.2, 0.25) is 0 Å². The highest BCUT2D eigenvalue weighted by Crippen LogP contribution is 2.59. The molecule has 32 heavy (non-hydrogen) atoms. The number of methoxy groups -OCH3 is 1. The molecule has 0 N–H and O–H groups in total. The number of esters is 1. The number of rotatable bonds is 6. The predicted octanol–water partition coefficient (Wildman–Crippen LogP) is 6.08. The van der Waals surface area contributed by atoms with Crippen LogP contribution in [0.25, 0.3) is 11.5 Å². The molecule has 0 radical (unpaired) electrons. The fraction of sp³-hybridized carbons (Fsp3) is 0.154. The molecule has 0 fully saturated rings. The lowest BCUT2D eigenvalue weighted by atomic mass is 10.1. The van der Waals surface area contributed by atoms with Gasteiger partial charge in [-0.15, -0.1) is 0 Å². The Bertz CT molecular complexity index is 1200. The first kappa shape index (κ1) is 21.8. The van der Waals surface area contributed by atoms with E-state index >= 15 is 0 Å². The Balaban J connectivity index is 1.93. The van der Waals surface area contributed by atoms with Crippen molar-refractivity contribution in [1.29, 1.82) is 0 Å². The van der Waals surface area contributed by atoms with Crippen LogP contribution in [0.3, 0.4) is 0 Å². The van der Waals surface area contributed by atoms with Crippen molar-refractivity contribution >= 4 is 30.2 Å². The molecule has 0 aromatic heterocycles. The van der Waals surface area contributed by atoms with Crippen LogP contribution in [-0.2, 0) is 18.6 Å². The fourth-order valence-electron chi connectivity index (χ4n) is 3.65. The fourth-order valence-corrected chi connectivity index (χ4v) is 6.13. The van der Waals surface area contributed by atoms with E-state index in [1.807, 2.05) is 91.0 Å². The van der Waals surface area contributed by atoms with E-state index in [0.29, 0.717) is 22.5 Å². The lowest BCUT2D eigenvalue weighted by Gasteiger charge is -2.30. The average molecular weight is 445 g/mol. The SMILES string of the molecule is COC(=O)C(C)C[P@@]1(=O)OC(c2ccccc2)=C(c2ccccc2)N=C1c1ccccc1. The summed E-state index contributed by atoms with van der Waals surface area (Å²) in [7, 11) is -2.23. The number of carbonyl (C=O) groups is 1. The number of hydrogen-bond donors (Lipinski definition) is 0. The molecule has 1 aliphatic heterocycles. The Morgan fingerprint density at radius 3 is 1.91 bits per heavy atom. The van der Waals surface area contributed by atoms with Gasteiger partial charge in [0, 0.05) is 16.7 Å². The Kier molecular flexibility index (Phi) is 6.38. The smallest absolute Gasteiger partial charge is 0.308 e. The number of carbonyl (C=O) groups excluding carboxylic acids is 1. The van der Waals surface area contributed by atoms with Gasteiger partial charge >= 0.3 is 5.97 Å². The zero-order valence-electron chi connectivity index (χ0n) is 18.0. The molecule has 0 saturated carbocycles. The largest absolute Gasteiger partial charge is 0.469 e. The van der Waals surface area contributed by atoms with Gasteiger partial charge < -0.3 is 9.26 Å². The predicted molar refractivity (Wildman–Crippen MR) is 127 cm³/mol. The molecular weight excluding hydrogens is 421 g/mol. The summed E-state index contributed by atoms with van der Waals surface area (Å²) in [6, 6.07) is 28.5. The van der Waals surface area contributed by atoms with Crippen molar-refractivity contribution in [1.82, 2.24) is 0 Å². The molecule has 0 bridgehead atoms. The first-order valence-corrected chi connectivity index (χ1v) is 12.2. The van der Waals surface area contributed by atoms with E-state index in [9.17, 15) is 9.36 Å². The number of aliphatic imine (C=N–C) groups is 1. The molecule has 2 atom stereocenters. The van der Waals surface area contributed by atoms with E-state index in [4.69, 9.17) is 14.3 Å². The van der Waals surface area contributed by atoms with Crippen molar-refractivity contribution in [3.8, 4) is 0 Å². The highest BCUT2D eigenvalue weighted by atomic mass is 31.2. The second-order valence-corrected chi connectivity index (χ2v) is 9.90. The number of benzene rings is 3. The monoisotopic (exact) mass is 445 g/mol. The summed E-state index contributed by atoms with van der Waals surface area (Å²) >= 11 is 0. The van der Waals surface area contributed by atoms with Crippen LogP contribution in [0.2, 0.25) is 0 Å². The quantitative estimate of drug-likeness (QED) is 0.341. The van der Waals surface area contributed by atoms with Crippen molar-refractivity contribution in [3.63, 3.8) is 0 Å². The molecule has 0 saturated heterocycles. The summed E-state index contributed by atoms with van der Waals surface area (Å²) in [4.78, 5) is 17.1. The number of ether oxygens (including phenoxy) is 1. The summed E-state index contributed by atoms with van der Waals surface area (Å²) < 4.78 is 25.6. The first-order chi connectivity index (χ1) is 15.5. The molecule has 6 heteroatoms. The summed E-state index contributed by atoms with van der Waals surface area (Å²) in [6.45, 7) is 1.69. The summed E-state index contributed by atoms with van der Waals surface area (Å²) in [5.41, 5.74) is 3.29. The maximum absolute atomic E-state index is 14.4. The molecular formula is C26H24NO4P. The molecule has 4 rings (SSSR count). The standard InChI is InChI=1S/C26H24NO4P/c1-19(26(28)30-2)18-32(29)25(22-16-10-5-11-17-22)27-23(20-12-6-3-7-13-20)24(31-32)21-14-8-4-9-15-21/h3-17,19H,18H2,1-2H3/t19?,32-/m1/s1. The summed E-state index contributed by atoms with van der Waals surface area (Å²) in [6.07, 6.45) is -0.00813. The average Bonchev–Trinajstić information content (AvgIpc) is 2.84. The minimum Gasteiger partial charge on any atom is -0.469 e. The van der Waals surface area contributed by atoms with Crippen LogP contribution in [-0.4, -0.2) is 24.7 Å². The van der Waals surface area contributed by atoms with E-state index in [2.05, 4.69) is 0 Å². The van der Waals surface area contributed by atoms with Crippen molar-refractivity contribution in [2.24, 2.45) is 10.9 Å². The summed E-state index contributed by atoms with van der Waals surface area (Å²) in [5.74, 6) is -0.609. The summed E-state index contributed by atoms with van der Waals surface area (Å²) in [5, 5.41) is 0. The highest BCUT2D eigenvalue weighted by Gasteiger charge is 2.41. The van der Waals surface area contributed by atoms with E-state index in [1.165, 1.54) is 7.11 Å². The lowest BCUT2D eigenvalue weighted by Crippen LogP contribution is -2.22. The maximum atomic E-state index is 14.4. The van der Waals surface area contributed by atoms with Crippen LogP contribution in [0.15, 0.2) is 96.0 Å². The van der Waals surface area contributed by atoms with Gasteiger partial charge in [-0.05, 0) is 0 Å². The zero-order chi connectivity index (χ0) is 22.6. The number of nitrogens with zero attached hydrogens (tertiary/aromatic N) is 1. The van der Waals surface area contributed by atoms with Gasteiger partial charge in [0.05, 0.1) is 19.2 Å². The third-order valence-electron chi connectivity index (χ3n) is 5.23. The second-order valence-electron chi connectivity index (χ2n) is 7.58. The molecule has 0 aliphatic carbocycles. The Morgan fingerprint density at radius 2 is 1.38 bits per heavy atom. The first-order valence-electron chi connectivity index (χ1n) is 10.4. The minimum atomic E-state index is -3.56. The normalized spacial score (nSPS) is 19.0. The molecule has 3 aromatic rings. The van der Waals surface area contributed by atoms with E-state index in [1.54, 1.807) is 6.92 Å². The van der Waals surface area contributed by atoms with E-state index in [0.717, 1.165) is 11.1 Å². The van der Waals surface area contributed by atoms with Crippen LogP contribution in [0.5, 0.6) is 0 Å². The van der Waals surface area contributed by atoms with Crippen LogP contribution < -0.4 is 0 Å². The third-order valence-corrected chi connectivity index (χ3v) is 7.74. The molecule has 0 amide bonds. The Morgan fingerprint density at radius 1 is 0.875 bits per heavy atom. The zero-order valence-corrected chi connectivity index (χ0v) is 18.9. The van der Waals surface area contributed by atoms with Gasteiger partial charge in [0.15, 0.2) is 5.76 Å². The topological polar surface area (TPSA) is 65.0 Å². The van der Waals surface area contributed by atoms with Gasteiger partial charge in [0.1, 0.15) is 11.1 Å². The van der Waals surface area contributed by atoms with Crippen molar-refractivity contribution in [3.05, 3.63) is 108 Å². The molecule has 0 spiro atoms. The molecule has 1 heterocycles. The van der Waals surface area contributed by atoms with Gasteiger partial charge in [-0.1, -0.05) is 97.9 Å². The molecule has 3 aromatic carbocycles. The van der Waals surface area contributed by atoms with Crippen molar-refractivity contribution in [2.45, 2.75) is 6.92 Å². The lowest BCUT2D eigenvalue weighted by molar-refractivity contribution is -0.144. The van der Waals surface area contributed by atoms with E-state index < -0.39 is 19.3 Å². The van der Waals surface area contributed by atoms with Gasteiger partial charge in [0.25, 0.3) is 7.37 Å². The van der Waals surface area contributed by atoms with Gasteiger partial charge in [-0.25, -0.2) is 4.99 Å². The van der Waals surface area contributed by atoms with Crippen LogP contribution in [0.4, 0.5) is 0 Å². The number of hydrogen-bond acceptors (Lipinski definition) is 5. The van der Waals surface area contributed by atoms with Crippen molar-refractivity contribution < 1.29 is 18.6 Å².